The summed E-state index contributed by atoms with van der Waals surface area (Å²) in [4.78, 5) is 0. The molecule has 4 aromatic rings. The summed E-state index contributed by atoms with van der Waals surface area (Å²) in [6, 6.07) is 12.1. The minimum Gasteiger partial charge on any atom is -0.495 e. The number of hydrogen-bond acceptors (Lipinski definition) is 5. The first-order valence-electron chi connectivity index (χ1n) is 9.91. The van der Waals surface area contributed by atoms with Gasteiger partial charge in [-0.3, -0.25) is 4.68 Å². The number of methoxy groups -OCH3 is 1. The van der Waals surface area contributed by atoms with E-state index in [-0.39, 0.29) is 6.10 Å². The standard InChI is InChI=1S/C23H21N5O2/c1-27-14-17(13-25-27)28-21-10-18(8-6-16(21)12-26-28)30-22-5-3-4-20-19(22)9-7-15(11-24)23(20)29-2/h6-10,12-14,22H,3-5H2,1-2H3. The molecule has 2 aromatic heterocycles. The minimum atomic E-state index is -0.0809. The lowest BCUT2D eigenvalue weighted by molar-refractivity contribution is 0.182. The van der Waals surface area contributed by atoms with Crippen LogP contribution in [0.1, 0.15) is 35.6 Å². The van der Waals surface area contributed by atoms with Gasteiger partial charge in [-0.2, -0.15) is 15.5 Å². The van der Waals surface area contributed by atoms with Crippen LogP contribution in [0.25, 0.3) is 16.6 Å². The van der Waals surface area contributed by atoms with Gasteiger partial charge in [0.15, 0.2) is 0 Å². The first-order chi connectivity index (χ1) is 14.7. The van der Waals surface area contributed by atoms with E-state index in [1.807, 2.05) is 54.5 Å². The monoisotopic (exact) mass is 399 g/mol. The molecule has 0 radical (unpaired) electrons. The normalized spacial score (nSPS) is 15.6. The predicted molar refractivity (Wildman–Crippen MR) is 112 cm³/mol. The van der Waals surface area contributed by atoms with Gasteiger partial charge in [-0.05, 0) is 43.0 Å². The van der Waals surface area contributed by atoms with Gasteiger partial charge in [-0.25, -0.2) is 4.68 Å². The van der Waals surface area contributed by atoms with E-state index in [0.717, 1.165) is 52.7 Å². The smallest absolute Gasteiger partial charge is 0.140 e. The van der Waals surface area contributed by atoms with Crippen LogP contribution in [-0.2, 0) is 13.5 Å². The fraction of sp³-hybridized carbons (Fsp3) is 0.261. The van der Waals surface area contributed by atoms with Gasteiger partial charge < -0.3 is 9.47 Å². The molecule has 7 heteroatoms. The average Bonchev–Trinajstić information content (AvgIpc) is 3.38. The Bertz CT molecular complexity index is 1280. The molecule has 30 heavy (non-hydrogen) atoms. The summed E-state index contributed by atoms with van der Waals surface area (Å²) in [5, 5.41) is 19.2. The highest BCUT2D eigenvalue weighted by Crippen LogP contribution is 2.40. The number of benzene rings is 2. The molecule has 1 aliphatic rings. The van der Waals surface area contributed by atoms with Gasteiger partial charge in [0.1, 0.15) is 29.4 Å². The highest BCUT2D eigenvalue weighted by molar-refractivity contribution is 5.81. The lowest BCUT2D eigenvalue weighted by atomic mass is 9.87. The molecule has 7 nitrogen and oxygen atoms in total. The molecular formula is C23H21N5O2. The number of aryl methyl sites for hydroxylation is 1. The molecule has 0 aliphatic heterocycles. The molecule has 150 valence electrons. The van der Waals surface area contributed by atoms with E-state index >= 15 is 0 Å². The highest BCUT2D eigenvalue weighted by Gasteiger charge is 2.26. The zero-order chi connectivity index (χ0) is 20.7. The van der Waals surface area contributed by atoms with Gasteiger partial charge in [0, 0.05) is 24.1 Å². The molecule has 1 unspecified atom stereocenters. The molecule has 0 amide bonds. The number of nitrogens with zero attached hydrogens (tertiary/aromatic N) is 5. The van der Waals surface area contributed by atoms with Crippen LogP contribution in [-0.4, -0.2) is 26.7 Å². The maximum Gasteiger partial charge on any atom is 0.140 e. The van der Waals surface area contributed by atoms with E-state index in [2.05, 4.69) is 16.3 Å². The van der Waals surface area contributed by atoms with E-state index in [0.29, 0.717) is 11.3 Å². The number of aromatic nitrogens is 4. The van der Waals surface area contributed by atoms with Crippen molar-refractivity contribution in [2.24, 2.45) is 7.05 Å². The molecule has 0 bridgehead atoms. The van der Waals surface area contributed by atoms with Gasteiger partial charge >= 0.3 is 0 Å². The number of rotatable bonds is 4. The number of nitriles is 1. The fourth-order valence-electron chi connectivity index (χ4n) is 4.23. The second-order valence-corrected chi connectivity index (χ2v) is 7.47. The summed E-state index contributed by atoms with van der Waals surface area (Å²) < 4.78 is 15.6. The zero-order valence-electron chi connectivity index (χ0n) is 16.9. The third-order valence-electron chi connectivity index (χ3n) is 5.62. The summed E-state index contributed by atoms with van der Waals surface area (Å²) >= 11 is 0. The third kappa shape index (κ3) is 2.98. The van der Waals surface area contributed by atoms with Crippen LogP contribution < -0.4 is 9.47 Å². The highest BCUT2D eigenvalue weighted by atomic mass is 16.5. The van der Waals surface area contributed by atoms with Crippen LogP contribution in [0.2, 0.25) is 0 Å². The summed E-state index contributed by atoms with van der Waals surface area (Å²) in [7, 11) is 3.50. The first kappa shape index (κ1) is 18.3. The average molecular weight is 399 g/mol. The summed E-state index contributed by atoms with van der Waals surface area (Å²) in [5.41, 5.74) is 4.61. The van der Waals surface area contributed by atoms with E-state index in [4.69, 9.17) is 9.47 Å². The van der Waals surface area contributed by atoms with E-state index < -0.39 is 0 Å². The minimum absolute atomic E-state index is 0.0809. The molecule has 5 rings (SSSR count). The van der Waals surface area contributed by atoms with Gasteiger partial charge in [-0.1, -0.05) is 6.07 Å². The SMILES string of the molecule is COc1c(C#N)ccc2c1CCCC2Oc1ccc2cnn(-c3cnn(C)c3)c2c1. The van der Waals surface area contributed by atoms with Crippen molar-refractivity contribution in [3.8, 4) is 23.3 Å². The van der Waals surface area contributed by atoms with E-state index in [1.165, 1.54) is 0 Å². The molecule has 0 spiro atoms. The lowest BCUT2D eigenvalue weighted by Gasteiger charge is -2.28. The molecule has 2 heterocycles. The van der Waals surface area contributed by atoms with Crippen molar-refractivity contribution in [2.75, 3.05) is 7.11 Å². The number of ether oxygens (including phenoxy) is 2. The van der Waals surface area contributed by atoms with Crippen LogP contribution in [0.4, 0.5) is 0 Å². The van der Waals surface area contributed by atoms with E-state index in [9.17, 15) is 5.26 Å². The van der Waals surface area contributed by atoms with Crippen LogP contribution >= 0.6 is 0 Å². The predicted octanol–water partition coefficient (Wildman–Crippen LogP) is 4.10. The topological polar surface area (TPSA) is 77.9 Å². The van der Waals surface area contributed by atoms with Gasteiger partial charge in [-0.15, -0.1) is 0 Å². The first-order valence-corrected chi connectivity index (χ1v) is 9.91. The van der Waals surface area contributed by atoms with Crippen molar-refractivity contribution in [3.05, 3.63) is 65.6 Å². The molecular weight excluding hydrogens is 378 g/mol. The second-order valence-electron chi connectivity index (χ2n) is 7.47. The van der Waals surface area contributed by atoms with Gasteiger partial charge in [0.25, 0.3) is 0 Å². The second kappa shape index (κ2) is 7.23. The van der Waals surface area contributed by atoms with Crippen LogP contribution in [0, 0.1) is 11.3 Å². The van der Waals surface area contributed by atoms with E-state index in [1.54, 1.807) is 18.0 Å². The third-order valence-corrected chi connectivity index (χ3v) is 5.62. The summed E-state index contributed by atoms with van der Waals surface area (Å²) in [5.74, 6) is 1.46. The molecule has 1 atom stereocenters. The maximum absolute atomic E-state index is 9.38. The van der Waals surface area contributed by atoms with Crippen molar-refractivity contribution in [2.45, 2.75) is 25.4 Å². The van der Waals surface area contributed by atoms with Crippen molar-refractivity contribution in [1.29, 1.82) is 5.26 Å². The van der Waals surface area contributed by atoms with Crippen LogP contribution in [0.5, 0.6) is 11.5 Å². The Morgan fingerprint density at radius 2 is 2.07 bits per heavy atom. The Hall–Kier alpha value is -3.79. The number of fused-ring (bicyclic) bond motifs is 2. The van der Waals surface area contributed by atoms with Crippen molar-refractivity contribution in [3.63, 3.8) is 0 Å². The fourth-order valence-corrected chi connectivity index (χ4v) is 4.23. The quantitative estimate of drug-likeness (QED) is 0.516. The van der Waals surface area contributed by atoms with Gasteiger partial charge in [0.2, 0.25) is 0 Å². The summed E-state index contributed by atoms with van der Waals surface area (Å²) in [6.45, 7) is 0. The maximum atomic E-state index is 9.38. The molecule has 0 N–H and O–H groups in total. The number of hydrogen-bond donors (Lipinski definition) is 0. The molecule has 0 saturated carbocycles. The summed E-state index contributed by atoms with van der Waals surface area (Å²) in [6.07, 6.45) is 8.27. The van der Waals surface area contributed by atoms with Gasteiger partial charge in [0.05, 0.1) is 36.8 Å². The van der Waals surface area contributed by atoms with Crippen molar-refractivity contribution < 1.29 is 9.47 Å². The largest absolute Gasteiger partial charge is 0.495 e. The molecule has 2 aromatic carbocycles. The van der Waals surface area contributed by atoms with Crippen LogP contribution in [0.3, 0.4) is 0 Å². The Kier molecular flexibility index (Phi) is 4.40. The van der Waals surface area contributed by atoms with Crippen molar-refractivity contribution in [1.82, 2.24) is 19.6 Å². The zero-order valence-corrected chi connectivity index (χ0v) is 16.9. The Labute approximate surface area is 174 Å². The Morgan fingerprint density at radius 3 is 2.83 bits per heavy atom. The Morgan fingerprint density at radius 1 is 1.17 bits per heavy atom. The molecule has 0 saturated heterocycles. The lowest BCUT2D eigenvalue weighted by Crippen LogP contribution is -2.16. The molecule has 1 aliphatic carbocycles. The van der Waals surface area contributed by atoms with Crippen LogP contribution in [0.15, 0.2) is 48.9 Å². The van der Waals surface area contributed by atoms with Crippen molar-refractivity contribution >= 4 is 10.9 Å². The molecule has 0 fully saturated rings. The Balaban J connectivity index is 1.51.